The van der Waals surface area contributed by atoms with Gasteiger partial charge in [-0.1, -0.05) is 54.1 Å². The zero-order valence-corrected chi connectivity index (χ0v) is 20.0. The summed E-state index contributed by atoms with van der Waals surface area (Å²) in [6.07, 6.45) is 0.991. The molecule has 1 aliphatic carbocycles. The summed E-state index contributed by atoms with van der Waals surface area (Å²) in [4.78, 5) is 13.6. The first-order valence-corrected chi connectivity index (χ1v) is 13.1. The number of rotatable bonds is 4. The van der Waals surface area contributed by atoms with Crippen LogP contribution in [0.2, 0.25) is 0 Å². The molecular weight excluding hydrogens is 460 g/mol. The molecule has 35 heavy (non-hydrogen) atoms. The summed E-state index contributed by atoms with van der Waals surface area (Å²) in [5, 5.41) is 5.19. The molecule has 1 N–H and O–H groups in total. The van der Waals surface area contributed by atoms with Crippen LogP contribution < -0.4 is 14.4 Å². The van der Waals surface area contributed by atoms with Gasteiger partial charge in [-0.05, 0) is 66.6 Å². The summed E-state index contributed by atoms with van der Waals surface area (Å²) in [6.45, 7) is 1.78. The van der Waals surface area contributed by atoms with E-state index < -0.39 is 16.1 Å². The van der Waals surface area contributed by atoms with E-state index in [1.54, 1.807) is 48.5 Å². The van der Waals surface area contributed by atoms with Crippen LogP contribution in [-0.2, 0) is 27.7 Å². The van der Waals surface area contributed by atoms with Gasteiger partial charge in [-0.15, -0.1) is 0 Å². The number of para-hydroxylation sites is 2. The Morgan fingerprint density at radius 1 is 0.914 bits per heavy atom. The maximum atomic E-state index is 13.6. The lowest BCUT2D eigenvalue weighted by molar-refractivity contribution is -0.122. The van der Waals surface area contributed by atoms with Crippen molar-refractivity contribution in [3.63, 3.8) is 0 Å². The van der Waals surface area contributed by atoms with Crippen LogP contribution in [0.1, 0.15) is 16.7 Å². The molecule has 1 atom stereocenters. The van der Waals surface area contributed by atoms with Crippen molar-refractivity contribution in [3.05, 3.63) is 95.6 Å². The molecule has 4 aromatic carbocycles. The predicted octanol–water partition coefficient (Wildman–Crippen LogP) is 4.84. The zero-order chi connectivity index (χ0) is 24.2. The van der Waals surface area contributed by atoms with Crippen LogP contribution in [0.5, 0.6) is 5.75 Å². The Labute approximate surface area is 204 Å². The monoisotopic (exact) mass is 484 g/mol. The van der Waals surface area contributed by atoms with Gasteiger partial charge in [0, 0.05) is 11.1 Å². The van der Waals surface area contributed by atoms with E-state index >= 15 is 0 Å². The lowest BCUT2D eigenvalue weighted by atomic mass is 10.0. The number of hydrogen-bond acceptors (Lipinski definition) is 4. The molecule has 0 saturated carbocycles. The molecule has 0 bridgehead atoms. The van der Waals surface area contributed by atoms with Gasteiger partial charge in [-0.2, -0.15) is 0 Å². The van der Waals surface area contributed by atoms with Gasteiger partial charge in [0.2, 0.25) is 0 Å². The normalized spacial score (nSPS) is 16.6. The minimum absolute atomic E-state index is 0.125. The van der Waals surface area contributed by atoms with Gasteiger partial charge in [-0.3, -0.25) is 9.10 Å². The Kier molecular flexibility index (Phi) is 5.04. The maximum absolute atomic E-state index is 13.6. The first-order valence-electron chi connectivity index (χ1n) is 11.6. The van der Waals surface area contributed by atoms with E-state index in [0.29, 0.717) is 17.1 Å². The Morgan fingerprint density at radius 2 is 1.66 bits per heavy atom. The van der Waals surface area contributed by atoms with E-state index in [-0.39, 0.29) is 17.3 Å². The van der Waals surface area contributed by atoms with Crippen LogP contribution in [0.4, 0.5) is 11.4 Å². The minimum atomic E-state index is -3.90. The van der Waals surface area contributed by atoms with Crippen molar-refractivity contribution in [1.29, 1.82) is 0 Å². The second kappa shape index (κ2) is 8.13. The van der Waals surface area contributed by atoms with Crippen molar-refractivity contribution in [3.8, 4) is 5.75 Å². The number of anilines is 2. The Bertz CT molecular complexity index is 1570. The van der Waals surface area contributed by atoms with Gasteiger partial charge in [-0.25, -0.2) is 8.42 Å². The molecule has 0 radical (unpaired) electrons. The molecule has 1 aliphatic heterocycles. The SMILES string of the molecule is Cc1ccc(S(=O)(=O)N2C[C@H](C(=O)Nc3ccc4c5c(cccc35)CC4)Oc3ccccc32)cc1. The minimum Gasteiger partial charge on any atom is -0.476 e. The van der Waals surface area contributed by atoms with Crippen LogP contribution in [-0.4, -0.2) is 27.0 Å². The molecule has 7 heteroatoms. The van der Waals surface area contributed by atoms with Crippen LogP contribution in [0.3, 0.4) is 0 Å². The number of amides is 1. The third-order valence-corrected chi connectivity index (χ3v) is 8.56. The summed E-state index contributed by atoms with van der Waals surface area (Å²) in [5.41, 5.74) is 4.66. The summed E-state index contributed by atoms with van der Waals surface area (Å²) in [6, 6.07) is 23.7. The quantitative estimate of drug-likeness (QED) is 0.450. The molecule has 0 fully saturated rings. The van der Waals surface area contributed by atoms with E-state index in [1.165, 1.54) is 20.8 Å². The lowest BCUT2D eigenvalue weighted by Crippen LogP contribution is -2.48. The molecule has 2 aliphatic rings. The number of aryl methyl sites for hydroxylation is 3. The summed E-state index contributed by atoms with van der Waals surface area (Å²) in [7, 11) is -3.90. The van der Waals surface area contributed by atoms with Crippen molar-refractivity contribution >= 4 is 38.1 Å². The highest BCUT2D eigenvalue weighted by Crippen LogP contribution is 2.38. The number of carbonyl (C=O) groups excluding carboxylic acids is 1. The molecule has 6 nitrogen and oxygen atoms in total. The van der Waals surface area contributed by atoms with Gasteiger partial charge in [0.25, 0.3) is 15.9 Å². The lowest BCUT2D eigenvalue weighted by Gasteiger charge is -2.34. The number of sulfonamides is 1. The molecule has 6 rings (SSSR count). The van der Waals surface area contributed by atoms with Gasteiger partial charge in [0.1, 0.15) is 5.75 Å². The average molecular weight is 485 g/mol. The Hall–Kier alpha value is -3.84. The first-order chi connectivity index (χ1) is 16.9. The molecule has 4 aromatic rings. The third kappa shape index (κ3) is 3.63. The molecule has 0 spiro atoms. The highest BCUT2D eigenvalue weighted by molar-refractivity contribution is 7.92. The van der Waals surface area contributed by atoms with Crippen molar-refractivity contribution < 1.29 is 17.9 Å². The molecule has 176 valence electrons. The number of nitrogens with one attached hydrogen (secondary N) is 1. The van der Waals surface area contributed by atoms with Crippen LogP contribution in [0.25, 0.3) is 10.8 Å². The van der Waals surface area contributed by atoms with Crippen molar-refractivity contribution in [2.75, 3.05) is 16.2 Å². The van der Waals surface area contributed by atoms with Gasteiger partial charge < -0.3 is 10.1 Å². The molecule has 0 unspecified atom stereocenters. The van der Waals surface area contributed by atoms with Gasteiger partial charge >= 0.3 is 0 Å². The number of carbonyl (C=O) groups is 1. The smallest absolute Gasteiger partial charge is 0.267 e. The molecule has 1 heterocycles. The largest absolute Gasteiger partial charge is 0.476 e. The molecule has 0 aromatic heterocycles. The maximum Gasteiger partial charge on any atom is 0.267 e. The topological polar surface area (TPSA) is 75.7 Å². The third-order valence-electron chi connectivity index (χ3n) is 6.77. The van der Waals surface area contributed by atoms with Gasteiger partial charge in [0.05, 0.1) is 17.1 Å². The summed E-state index contributed by atoms with van der Waals surface area (Å²) >= 11 is 0. The Balaban J connectivity index is 1.34. The van der Waals surface area contributed by atoms with Gasteiger partial charge in [0.15, 0.2) is 6.10 Å². The summed E-state index contributed by atoms with van der Waals surface area (Å²) in [5.74, 6) is -0.0303. The predicted molar refractivity (Wildman–Crippen MR) is 137 cm³/mol. The van der Waals surface area contributed by atoms with E-state index in [0.717, 1.165) is 23.8 Å². The van der Waals surface area contributed by atoms with Crippen LogP contribution in [0.15, 0.2) is 83.8 Å². The van der Waals surface area contributed by atoms with Crippen molar-refractivity contribution in [2.24, 2.45) is 0 Å². The van der Waals surface area contributed by atoms with E-state index in [4.69, 9.17) is 4.74 Å². The van der Waals surface area contributed by atoms with Crippen molar-refractivity contribution in [1.82, 2.24) is 0 Å². The summed E-state index contributed by atoms with van der Waals surface area (Å²) < 4.78 is 34.4. The Morgan fingerprint density at radius 3 is 2.46 bits per heavy atom. The number of fused-ring (bicyclic) bond motifs is 1. The molecule has 1 amide bonds. The van der Waals surface area contributed by atoms with E-state index in [1.807, 2.05) is 25.1 Å². The number of nitrogens with zero attached hydrogens (tertiary/aromatic N) is 1. The van der Waals surface area contributed by atoms with Crippen molar-refractivity contribution in [2.45, 2.75) is 30.8 Å². The second-order valence-corrected chi connectivity index (χ2v) is 10.9. The average Bonchev–Trinajstić information content (AvgIpc) is 3.30. The first kappa shape index (κ1) is 21.7. The number of ether oxygens (including phenoxy) is 1. The fourth-order valence-electron chi connectivity index (χ4n) is 4.97. The number of benzene rings is 4. The molecular formula is C28H24N2O4S. The zero-order valence-electron chi connectivity index (χ0n) is 19.2. The van der Waals surface area contributed by atoms with Crippen LogP contribution >= 0.6 is 0 Å². The van der Waals surface area contributed by atoms with E-state index in [2.05, 4.69) is 17.4 Å². The standard InChI is InChI=1S/C28H24N2O4S/c1-18-9-14-21(15-10-18)35(32,33)30-17-26(34-25-8-3-2-7-24(25)30)28(31)29-23-16-13-20-12-11-19-5-4-6-22(23)27(19)20/h2-10,13-16,26H,11-12,17H2,1H3,(H,29,31)/t26-/m1/s1. The highest BCUT2D eigenvalue weighted by atomic mass is 32.2. The van der Waals surface area contributed by atoms with E-state index in [9.17, 15) is 13.2 Å². The highest BCUT2D eigenvalue weighted by Gasteiger charge is 2.37. The molecule has 0 saturated heterocycles. The fraction of sp³-hybridized carbons (Fsp3) is 0.179. The second-order valence-electron chi connectivity index (χ2n) is 9.02. The fourth-order valence-corrected chi connectivity index (χ4v) is 6.45. The van der Waals surface area contributed by atoms with Crippen LogP contribution in [0, 0.1) is 6.92 Å². The number of hydrogen-bond donors (Lipinski definition) is 1.